The summed E-state index contributed by atoms with van der Waals surface area (Å²) in [6.07, 6.45) is 0.358. The minimum absolute atomic E-state index is 0.0140. The molecule has 5 heteroatoms. The standard InChI is InChI=1S/C7H8ClNO3/c8-9-5(3-4-10)1-2-6(9)7(11)12/h1-2,10H,3-4H2,(H,11,12). The number of carboxylic acid groups (broad SMARTS) is 1. The molecule has 2 N–H and O–H groups in total. The lowest BCUT2D eigenvalue weighted by Crippen LogP contribution is -2.03. The highest BCUT2D eigenvalue weighted by atomic mass is 35.5. The van der Waals surface area contributed by atoms with Gasteiger partial charge in [-0.25, -0.2) is 4.79 Å². The molecule has 0 aliphatic carbocycles. The molecule has 12 heavy (non-hydrogen) atoms. The lowest BCUT2D eigenvalue weighted by atomic mass is 10.3. The number of carbonyl (C=O) groups is 1. The SMILES string of the molecule is O=C(O)c1ccc(CCO)n1Cl. The highest BCUT2D eigenvalue weighted by molar-refractivity contribution is 6.18. The maximum atomic E-state index is 10.5. The number of carboxylic acids is 1. The number of aliphatic hydroxyl groups excluding tert-OH is 1. The van der Waals surface area contributed by atoms with Crippen LogP contribution in [-0.2, 0) is 6.42 Å². The van der Waals surface area contributed by atoms with Crippen LogP contribution in [0.4, 0.5) is 0 Å². The highest BCUT2D eigenvalue weighted by Crippen LogP contribution is 2.11. The number of aromatic carboxylic acids is 1. The van der Waals surface area contributed by atoms with Gasteiger partial charge in [0.25, 0.3) is 0 Å². The number of aromatic nitrogens is 1. The minimum Gasteiger partial charge on any atom is -0.477 e. The first-order chi connectivity index (χ1) is 5.66. The number of hydrogen-bond acceptors (Lipinski definition) is 2. The maximum absolute atomic E-state index is 10.5. The summed E-state index contributed by atoms with van der Waals surface area (Å²) in [5, 5.41) is 17.2. The average molecular weight is 190 g/mol. The van der Waals surface area contributed by atoms with Crippen LogP contribution in [0.5, 0.6) is 0 Å². The number of aliphatic hydroxyl groups is 1. The molecule has 1 aromatic rings. The molecule has 0 aliphatic rings. The molecule has 0 saturated heterocycles. The fourth-order valence-corrected chi connectivity index (χ4v) is 1.18. The van der Waals surface area contributed by atoms with Crippen LogP contribution in [-0.4, -0.2) is 26.9 Å². The third kappa shape index (κ3) is 1.60. The van der Waals surface area contributed by atoms with E-state index in [2.05, 4.69) is 0 Å². The molecule has 0 radical (unpaired) electrons. The third-order valence-corrected chi connectivity index (χ3v) is 1.88. The first kappa shape index (κ1) is 9.09. The first-order valence-corrected chi connectivity index (χ1v) is 3.71. The van der Waals surface area contributed by atoms with E-state index in [0.717, 1.165) is 4.09 Å². The van der Waals surface area contributed by atoms with Gasteiger partial charge >= 0.3 is 5.97 Å². The second-order valence-electron chi connectivity index (χ2n) is 2.27. The summed E-state index contributed by atoms with van der Waals surface area (Å²) in [5.74, 6) is -1.07. The molecule has 0 unspecified atom stereocenters. The van der Waals surface area contributed by atoms with Crippen LogP contribution in [0.3, 0.4) is 0 Å². The molecule has 4 nitrogen and oxygen atoms in total. The van der Waals surface area contributed by atoms with Crippen molar-refractivity contribution in [1.82, 2.24) is 4.09 Å². The molecule has 0 atom stereocenters. The average Bonchev–Trinajstić information content (AvgIpc) is 2.34. The molecule has 0 aliphatic heterocycles. The van der Waals surface area contributed by atoms with Crippen LogP contribution in [0.25, 0.3) is 0 Å². The predicted octanol–water partition coefficient (Wildman–Crippen LogP) is 0.723. The Kier molecular flexibility index (Phi) is 2.73. The van der Waals surface area contributed by atoms with E-state index in [1.807, 2.05) is 0 Å². The summed E-state index contributed by atoms with van der Waals surface area (Å²) in [4.78, 5) is 10.5. The number of halogens is 1. The number of rotatable bonds is 3. The zero-order chi connectivity index (χ0) is 9.14. The Hall–Kier alpha value is -1.00. The molecule has 0 bridgehead atoms. The molecule has 0 spiro atoms. The normalized spacial score (nSPS) is 10.2. The van der Waals surface area contributed by atoms with E-state index in [4.69, 9.17) is 22.0 Å². The van der Waals surface area contributed by atoms with E-state index < -0.39 is 5.97 Å². The van der Waals surface area contributed by atoms with E-state index in [1.165, 1.54) is 6.07 Å². The summed E-state index contributed by atoms with van der Waals surface area (Å²) in [6, 6.07) is 2.98. The van der Waals surface area contributed by atoms with Crippen molar-refractivity contribution in [1.29, 1.82) is 0 Å². The topological polar surface area (TPSA) is 62.5 Å². The van der Waals surface area contributed by atoms with Gasteiger partial charge in [0.15, 0.2) is 0 Å². The Labute approximate surface area is 74.1 Å². The smallest absolute Gasteiger partial charge is 0.353 e. The highest BCUT2D eigenvalue weighted by Gasteiger charge is 2.11. The molecule has 1 aromatic heterocycles. The molecular weight excluding hydrogens is 182 g/mol. The van der Waals surface area contributed by atoms with Gasteiger partial charge in [-0.15, -0.1) is 0 Å². The maximum Gasteiger partial charge on any atom is 0.353 e. The van der Waals surface area contributed by atoms with Crippen molar-refractivity contribution >= 4 is 17.7 Å². The second kappa shape index (κ2) is 3.60. The van der Waals surface area contributed by atoms with Gasteiger partial charge in [-0.3, -0.25) is 4.09 Å². The summed E-state index contributed by atoms with van der Waals surface area (Å²) >= 11 is 5.62. The van der Waals surface area contributed by atoms with E-state index in [0.29, 0.717) is 12.1 Å². The minimum atomic E-state index is -1.07. The van der Waals surface area contributed by atoms with Crippen molar-refractivity contribution in [2.75, 3.05) is 6.61 Å². The van der Waals surface area contributed by atoms with Crippen LogP contribution in [0, 0.1) is 0 Å². The van der Waals surface area contributed by atoms with Gasteiger partial charge in [0.2, 0.25) is 0 Å². The molecule has 66 valence electrons. The summed E-state index contributed by atoms with van der Waals surface area (Å²) < 4.78 is 1.04. The molecule has 0 saturated carbocycles. The van der Waals surface area contributed by atoms with Crippen LogP contribution in [0.15, 0.2) is 12.1 Å². The van der Waals surface area contributed by atoms with Gasteiger partial charge in [-0.05, 0) is 12.1 Å². The Bertz CT molecular complexity index is 295. The fraction of sp³-hybridized carbons (Fsp3) is 0.286. The van der Waals surface area contributed by atoms with Crippen molar-refractivity contribution in [3.63, 3.8) is 0 Å². The molecule has 0 aromatic carbocycles. The predicted molar refractivity (Wildman–Crippen MR) is 43.4 cm³/mol. The van der Waals surface area contributed by atoms with Crippen molar-refractivity contribution in [3.05, 3.63) is 23.5 Å². The van der Waals surface area contributed by atoms with Gasteiger partial charge < -0.3 is 10.2 Å². The number of nitrogens with zero attached hydrogens (tertiary/aromatic N) is 1. The summed E-state index contributed by atoms with van der Waals surface area (Å²) in [6.45, 7) is -0.0458. The van der Waals surface area contributed by atoms with Crippen LogP contribution in [0.2, 0.25) is 0 Å². The Morgan fingerprint density at radius 3 is 2.67 bits per heavy atom. The van der Waals surface area contributed by atoms with Gasteiger partial charge in [0.05, 0.1) is 0 Å². The quantitative estimate of drug-likeness (QED) is 0.737. The second-order valence-corrected chi connectivity index (χ2v) is 2.61. The van der Waals surface area contributed by atoms with Gasteiger partial charge in [0, 0.05) is 30.5 Å². The first-order valence-electron chi connectivity index (χ1n) is 3.37. The molecule has 0 amide bonds. The molecular formula is C7H8ClNO3. The van der Waals surface area contributed by atoms with Crippen LogP contribution < -0.4 is 0 Å². The van der Waals surface area contributed by atoms with Crippen molar-refractivity contribution in [2.45, 2.75) is 6.42 Å². The Morgan fingerprint density at radius 1 is 1.58 bits per heavy atom. The zero-order valence-electron chi connectivity index (χ0n) is 6.20. The van der Waals surface area contributed by atoms with Gasteiger partial charge in [-0.2, -0.15) is 0 Å². The zero-order valence-corrected chi connectivity index (χ0v) is 6.95. The van der Waals surface area contributed by atoms with Crippen molar-refractivity contribution < 1.29 is 15.0 Å². The lowest BCUT2D eigenvalue weighted by molar-refractivity contribution is 0.0689. The summed E-state index contributed by atoms with van der Waals surface area (Å²) in [5.41, 5.74) is 0.608. The molecule has 1 rings (SSSR count). The summed E-state index contributed by atoms with van der Waals surface area (Å²) in [7, 11) is 0. The van der Waals surface area contributed by atoms with Crippen molar-refractivity contribution in [3.8, 4) is 0 Å². The Morgan fingerprint density at radius 2 is 2.25 bits per heavy atom. The fourth-order valence-electron chi connectivity index (χ4n) is 0.912. The van der Waals surface area contributed by atoms with E-state index >= 15 is 0 Å². The van der Waals surface area contributed by atoms with Crippen LogP contribution in [0.1, 0.15) is 16.2 Å². The molecule has 1 heterocycles. The largest absolute Gasteiger partial charge is 0.477 e. The van der Waals surface area contributed by atoms with E-state index in [-0.39, 0.29) is 12.3 Å². The number of hydrogen-bond donors (Lipinski definition) is 2. The molecule has 0 fully saturated rings. The van der Waals surface area contributed by atoms with Gasteiger partial charge in [0.1, 0.15) is 5.69 Å². The van der Waals surface area contributed by atoms with E-state index in [9.17, 15) is 4.79 Å². The Balaban J connectivity index is 2.96. The third-order valence-electron chi connectivity index (χ3n) is 1.48. The lowest BCUT2D eigenvalue weighted by Gasteiger charge is -1.98. The van der Waals surface area contributed by atoms with Crippen LogP contribution >= 0.6 is 11.8 Å². The van der Waals surface area contributed by atoms with Gasteiger partial charge in [-0.1, -0.05) is 0 Å². The van der Waals surface area contributed by atoms with E-state index in [1.54, 1.807) is 6.07 Å². The monoisotopic (exact) mass is 189 g/mol. The van der Waals surface area contributed by atoms with Crippen molar-refractivity contribution in [2.24, 2.45) is 0 Å².